The predicted molar refractivity (Wildman–Crippen MR) is 162 cm³/mol. The molecule has 40 heavy (non-hydrogen) atoms. The quantitative estimate of drug-likeness (QED) is 0.199. The Morgan fingerprint density at radius 3 is 2.45 bits per heavy atom. The number of hydrogen-bond donors (Lipinski definition) is 2. The fourth-order valence-corrected chi connectivity index (χ4v) is 4.77. The number of para-hydroxylation sites is 1. The number of carbonyl (C=O) groups excluding carboxylic acids is 2. The van der Waals surface area contributed by atoms with Crippen LogP contribution in [0.15, 0.2) is 79.0 Å². The SMILES string of the molecule is CCCCN(CC(=O)N(CCc1c[nH]c2ccccc12)Cc1ccc(OC)cc1)C(=O)Nc1cccc(CC)c1. The van der Waals surface area contributed by atoms with Crippen LogP contribution in [-0.2, 0) is 24.2 Å². The lowest BCUT2D eigenvalue weighted by molar-refractivity contribution is -0.132. The molecular weight excluding hydrogens is 500 g/mol. The minimum Gasteiger partial charge on any atom is -0.497 e. The lowest BCUT2D eigenvalue weighted by Crippen LogP contribution is -2.45. The molecule has 1 heterocycles. The molecule has 0 atom stereocenters. The molecule has 0 unspecified atom stereocenters. The predicted octanol–water partition coefficient (Wildman–Crippen LogP) is 6.64. The molecular formula is C33H40N4O3. The van der Waals surface area contributed by atoms with Crippen molar-refractivity contribution in [3.8, 4) is 5.75 Å². The molecule has 0 saturated heterocycles. The summed E-state index contributed by atoms with van der Waals surface area (Å²) in [6, 6.07) is 23.6. The second-order valence-corrected chi connectivity index (χ2v) is 10.0. The number of rotatable bonds is 13. The lowest BCUT2D eigenvalue weighted by Gasteiger charge is -2.28. The van der Waals surface area contributed by atoms with E-state index < -0.39 is 0 Å². The van der Waals surface area contributed by atoms with Gasteiger partial charge >= 0.3 is 6.03 Å². The van der Waals surface area contributed by atoms with Crippen molar-refractivity contribution in [1.82, 2.24) is 14.8 Å². The number of nitrogens with zero attached hydrogens (tertiary/aromatic N) is 2. The monoisotopic (exact) mass is 540 g/mol. The number of amides is 3. The normalized spacial score (nSPS) is 10.9. The number of aromatic nitrogens is 1. The largest absolute Gasteiger partial charge is 0.497 e. The van der Waals surface area contributed by atoms with Crippen molar-refractivity contribution < 1.29 is 14.3 Å². The van der Waals surface area contributed by atoms with Gasteiger partial charge < -0.3 is 24.8 Å². The van der Waals surface area contributed by atoms with Gasteiger partial charge in [-0.3, -0.25) is 4.79 Å². The first-order valence-electron chi connectivity index (χ1n) is 14.1. The summed E-state index contributed by atoms with van der Waals surface area (Å²) in [7, 11) is 1.64. The number of unbranched alkanes of at least 4 members (excludes halogenated alkanes) is 1. The molecule has 0 radical (unpaired) electrons. The Balaban J connectivity index is 1.51. The van der Waals surface area contributed by atoms with Crippen LogP contribution in [0.4, 0.5) is 10.5 Å². The first kappa shape index (κ1) is 28.7. The molecule has 1 aromatic heterocycles. The number of anilines is 1. The van der Waals surface area contributed by atoms with E-state index >= 15 is 0 Å². The molecule has 0 aliphatic carbocycles. The molecule has 2 N–H and O–H groups in total. The number of H-pyrrole nitrogens is 1. The van der Waals surface area contributed by atoms with E-state index in [1.165, 1.54) is 5.56 Å². The van der Waals surface area contributed by atoms with Crippen LogP contribution in [0, 0.1) is 0 Å². The van der Waals surface area contributed by atoms with Gasteiger partial charge in [-0.1, -0.05) is 62.7 Å². The zero-order valence-electron chi connectivity index (χ0n) is 23.8. The summed E-state index contributed by atoms with van der Waals surface area (Å²) in [6.45, 7) is 5.69. The van der Waals surface area contributed by atoms with Gasteiger partial charge in [-0.25, -0.2) is 4.79 Å². The molecule has 0 saturated carbocycles. The number of benzene rings is 3. The fraction of sp³-hybridized carbons (Fsp3) is 0.333. The Morgan fingerprint density at radius 2 is 1.70 bits per heavy atom. The molecule has 0 spiro atoms. The van der Waals surface area contributed by atoms with Crippen LogP contribution >= 0.6 is 0 Å². The third-order valence-electron chi connectivity index (χ3n) is 7.19. The minimum absolute atomic E-state index is 0.0172. The van der Waals surface area contributed by atoms with Crippen LogP contribution in [0.5, 0.6) is 5.75 Å². The number of fused-ring (bicyclic) bond motifs is 1. The standard InChI is InChI=1S/C33H40N4O3/c1-4-6-19-37(33(39)35-28-11-9-10-25(5-2)21-28)24-32(38)36(23-26-14-16-29(40-3)17-15-26)20-18-27-22-34-31-13-8-7-12-30(27)31/h7-17,21-22,34H,4-6,18-20,23-24H2,1-3H3,(H,35,39). The average molecular weight is 541 g/mol. The van der Waals surface area contributed by atoms with Gasteiger partial charge in [-0.05, 0) is 66.3 Å². The molecule has 3 aromatic carbocycles. The van der Waals surface area contributed by atoms with Crippen molar-refractivity contribution in [3.63, 3.8) is 0 Å². The molecule has 0 aliphatic rings. The lowest BCUT2D eigenvalue weighted by atomic mass is 10.1. The smallest absolute Gasteiger partial charge is 0.322 e. The van der Waals surface area contributed by atoms with Crippen LogP contribution in [0.3, 0.4) is 0 Å². The van der Waals surface area contributed by atoms with Crippen LogP contribution in [0.25, 0.3) is 10.9 Å². The molecule has 7 heteroatoms. The number of aromatic amines is 1. The maximum atomic E-state index is 13.8. The van der Waals surface area contributed by atoms with E-state index in [2.05, 4.69) is 36.3 Å². The maximum absolute atomic E-state index is 13.8. The number of ether oxygens (including phenoxy) is 1. The van der Waals surface area contributed by atoms with Crippen LogP contribution in [-0.4, -0.2) is 53.5 Å². The number of urea groups is 1. The summed E-state index contributed by atoms with van der Waals surface area (Å²) in [5, 5.41) is 4.17. The Morgan fingerprint density at radius 1 is 0.900 bits per heavy atom. The van der Waals surface area contributed by atoms with E-state index in [1.807, 2.05) is 71.8 Å². The van der Waals surface area contributed by atoms with Crippen LogP contribution in [0.1, 0.15) is 43.4 Å². The van der Waals surface area contributed by atoms with Gasteiger partial charge in [0.1, 0.15) is 12.3 Å². The zero-order chi connectivity index (χ0) is 28.3. The Bertz CT molecular complexity index is 1400. The topological polar surface area (TPSA) is 77.7 Å². The Hall–Kier alpha value is -4.26. The summed E-state index contributed by atoms with van der Waals surface area (Å²) in [5.41, 5.74) is 5.15. The zero-order valence-corrected chi connectivity index (χ0v) is 23.8. The molecule has 0 bridgehead atoms. The number of aryl methyl sites for hydroxylation is 1. The second-order valence-electron chi connectivity index (χ2n) is 10.0. The summed E-state index contributed by atoms with van der Waals surface area (Å²) >= 11 is 0. The second kappa shape index (κ2) is 14.2. The van der Waals surface area contributed by atoms with Gasteiger partial charge in [0.05, 0.1) is 7.11 Å². The summed E-state index contributed by atoms with van der Waals surface area (Å²) < 4.78 is 5.30. The highest BCUT2D eigenvalue weighted by molar-refractivity contribution is 5.92. The first-order chi connectivity index (χ1) is 19.5. The molecule has 210 valence electrons. The van der Waals surface area contributed by atoms with Crippen molar-refractivity contribution in [2.45, 2.75) is 46.1 Å². The van der Waals surface area contributed by atoms with Gasteiger partial charge in [0.15, 0.2) is 0 Å². The Labute approximate surface area is 237 Å². The fourth-order valence-electron chi connectivity index (χ4n) is 4.77. The summed E-state index contributed by atoms with van der Waals surface area (Å²) in [4.78, 5) is 33.9. The van der Waals surface area contributed by atoms with Gasteiger partial charge in [-0.15, -0.1) is 0 Å². The van der Waals surface area contributed by atoms with Gasteiger partial charge in [0, 0.05) is 42.4 Å². The average Bonchev–Trinajstić information content (AvgIpc) is 3.40. The van der Waals surface area contributed by atoms with Gasteiger partial charge in [0.2, 0.25) is 5.91 Å². The van der Waals surface area contributed by atoms with Crippen molar-refractivity contribution >= 4 is 28.5 Å². The first-order valence-corrected chi connectivity index (χ1v) is 14.1. The van der Waals surface area contributed by atoms with Crippen molar-refractivity contribution in [2.24, 2.45) is 0 Å². The van der Waals surface area contributed by atoms with Crippen molar-refractivity contribution in [2.75, 3.05) is 32.1 Å². The van der Waals surface area contributed by atoms with E-state index in [9.17, 15) is 9.59 Å². The number of hydrogen-bond acceptors (Lipinski definition) is 3. The molecule has 4 rings (SSSR count). The van der Waals surface area contributed by atoms with E-state index in [1.54, 1.807) is 12.0 Å². The van der Waals surface area contributed by atoms with Crippen molar-refractivity contribution in [3.05, 3.63) is 95.7 Å². The highest BCUT2D eigenvalue weighted by Crippen LogP contribution is 2.20. The highest BCUT2D eigenvalue weighted by Gasteiger charge is 2.22. The van der Waals surface area contributed by atoms with E-state index in [-0.39, 0.29) is 18.5 Å². The third-order valence-corrected chi connectivity index (χ3v) is 7.19. The highest BCUT2D eigenvalue weighted by atomic mass is 16.5. The molecule has 7 nitrogen and oxygen atoms in total. The summed E-state index contributed by atoms with van der Waals surface area (Å²) in [6.07, 6.45) is 5.37. The third kappa shape index (κ3) is 7.65. The molecule has 0 fully saturated rings. The minimum atomic E-state index is -0.254. The molecule has 3 amide bonds. The van der Waals surface area contributed by atoms with E-state index in [0.29, 0.717) is 26.1 Å². The molecule has 0 aliphatic heterocycles. The summed E-state index contributed by atoms with van der Waals surface area (Å²) in [5.74, 6) is 0.694. The van der Waals surface area contributed by atoms with Crippen molar-refractivity contribution in [1.29, 1.82) is 0 Å². The number of methoxy groups -OCH3 is 1. The van der Waals surface area contributed by atoms with Gasteiger partial charge in [-0.2, -0.15) is 0 Å². The van der Waals surface area contributed by atoms with Gasteiger partial charge in [0.25, 0.3) is 0 Å². The van der Waals surface area contributed by atoms with E-state index in [0.717, 1.165) is 52.7 Å². The Kier molecular flexibility index (Phi) is 10.2. The maximum Gasteiger partial charge on any atom is 0.322 e. The van der Waals surface area contributed by atoms with Crippen LogP contribution in [0.2, 0.25) is 0 Å². The van der Waals surface area contributed by atoms with Crippen LogP contribution < -0.4 is 10.1 Å². The number of nitrogens with one attached hydrogen (secondary N) is 2. The van der Waals surface area contributed by atoms with E-state index in [4.69, 9.17) is 4.74 Å². The number of carbonyl (C=O) groups is 2. The molecule has 4 aromatic rings.